The largest absolute Gasteiger partial charge is 0.368 e. The normalized spacial score (nSPS) is 18.8. The molecule has 9 aromatic rings. The van der Waals surface area contributed by atoms with Crippen molar-refractivity contribution in [1.82, 2.24) is 0 Å². The maximum absolute atomic E-state index is 7.65. The number of methoxy groups -OCH3 is 1. The summed E-state index contributed by atoms with van der Waals surface area (Å²) in [7, 11) is 1.63. The SMILES string of the molecule is C=C[C@H](OCc1ccccc1)[C@@H](OCc1ccccc1)[C@H](OCc1ccccc1)[C@H](OCc1ccccc1)[C@@H](OCc1ccccc1)[C@@H](OCc1ccccc1)[C@H]1O[C@H](OC)[C@H](OCc2ccccc2)[C@@H](OCc2ccccc2)[C@@H]1OCc1ccccc1. The third-order valence-corrected chi connectivity index (χ3v) is 15.5. The average Bonchev–Trinajstić information content (AvgIpc) is 3.74. The summed E-state index contributed by atoms with van der Waals surface area (Å²) in [6.45, 7) is 6.09. The fourth-order valence-electron chi connectivity index (χ4n) is 10.9. The minimum Gasteiger partial charge on any atom is -0.368 e. The van der Waals surface area contributed by atoms with E-state index in [4.69, 9.17) is 52.1 Å². The van der Waals surface area contributed by atoms with E-state index in [2.05, 4.69) is 6.58 Å². The van der Waals surface area contributed by atoms with Crippen LogP contribution in [0.15, 0.2) is 286 Å². The highest BCUT2D eigenvalue weighted by molar-refractivity contribution is 5.21. The van der Waals surface area contributed by atoms with Gasteiger partial charge in [-0.3, -0.25) is 0 Å². The number of hydrogen-bond acceptors (Lipinski definition) is 11. The van der Waals surface area contributed by atoms with Crippen molar-refractivity contribution >= 4 is 0 Å². The van der Waals surface area contributed by atoms with Crippen molar-refractivity contribution in [3.05, 3.63) is 336 Å². The van der Waals surface area contributed by atoms with E-state index in [-0.39, 0.29) is 59.5 Å². The van der Waals surface area contributed by atoms with Gasteiger partial charge in [-0.25, -0.2) is 0 Å². The first-order valence-electron chi connectivity index (χ1n) is 30.3. The summed E-state index contributed by atoms with van der Waals surface area (Å²) in [6, 6.07) is 90.8. The topological polar surface area (TPSA) is 102 Å². The molecule has 454 valence electrons. The Hall–Kier alpha value is -7.72. The Bertz CT molecular complexity index is 3300. The van der Waals surface area contributed by atoms with Crippen LogP contribution in [0.4, 0.5) is 0 Å². The fraction of sp³-hybridized carbons (Fsp3) is 0.273. The van der Waals surface area contributed by atoms with E-state index >= 15 is 0 Å². The highest BCUT2D eigenvalue weighted by atomic mass is 16.7. The predicted molar refractivity (Wildman–Crippen MR) is 341 cm³/mol. The van der Waals surface area contributed by atoms with Gasteiger partial charge < -0.3 is 52.1 Å². The lowest BCUT2D eigenvalue weighted by Crippen LogP contribution is -2.67. The first kappa shape index (κ1) is 63.3. The molecule has 1 saturated heterocycles. The molecule has 1 fully saturated rings. The summed E-state index contributed by atoms with van der Waals surface area (Å²) in [6.07, 6.45) is -8.66. The molecule has 1 aliphatic rings. The molecular formula is C77H80O11. The maximum atomic E-state index is 7.65. The van der Waals surface area contributed by atoms with Gasteiger partial charge in [-0.05, 0) is 50.1 Å². The maximum Gasteiger partial charge on any atom is 0.186 e. The second-order valence-electron chi connectivity index (χ2n) is 21.8. The Morgan fingerprint density at radius 2 is 0.568 bits per heavy atom. The van der Waals surface area contributed by atoms with E-state index in [0.29, 0.717) is 0 Å². The fourth-order valence-corrected chi connectivity index (χ4v) is 10.9. The molecule has 11 nitrogen and oxygen atoms in total. The zero-order valence-electron chi connectivity index (χ0n) is 50.0. The van der Waals surface area contributed by atoms with Crippen LogP contribution < -0.4 is 0 Å². The highest BCUT2D eigenvalue weighted by Gasteiger charge is 2.56. The van der Waals surface area contributed by atoms with E-state index in [0.717, 1.165) is 50.1 Å². The van der Waals surface area contributed by atoms with Crippen molar-refractivity contribution in [3.63, 3.8) is 0 Å². The Kier molecular flexibility index (Phi) is 25.0. The molecule has 1 heterocycles. The Balaban J connectivity index is 1.17. The zero-order valence-corrected chi connectivity index (χ0v) is 50.0. The highest BCUT2D eigenvalue weighted by Crippen LogP contribution is 2.38. The predicted octanol–water partition coefficient (Wildman–Crippen LogP) is 14.8. The molecule has 0 bridgehead atoms. The van der Waals surface area contributed by atoms with E-state index in [1.54, 1.807) is 13.2 Å². The van der Waals surface area contributed by atoms with Crippen molar-refractivity contribution in [1.29, 1.82) is 0 Å². The van der Waals surface area contributed by atoms with Gasteiger partial charge in [0.15, 0.2) is 6.29 Å². The van der Waals surface area contributed by atoms with Crippen molar-refractivity contribution in [3.8, 4) is 0 Å². The van der Waals surface area contributed by atoms with Gasteiger partial charge in [0.1, 0.15) is 61.0 Å². The van der Waals surface area contributed by atoms with Crippen LogP contribution in [0.5, 0.6) is 0 Å². The monoisotopic (exact) mass is 1180 g/mol. The van der Waals surface area contributed by atoms with E-state index in [9.17, 15) is 0 Å². The third kappa shape index (κ3) is 18.9. The second-order valence-corrected chi connectivity index (χ2v) is 21.8. The van der Waals surface area contributed by atoms with Gasteiger partial charge in [0.05, 0.1) is 59.5 Å². The summed E-state index contributed by atoms with van der Waals surface area (Å²) in [5.41, 5.74) is 8.49. The summed E-state index contributed by atoms with van der Waals surface area (Å²) in [5, 5.41) is 0. The standard InChI is InChI=1S/C77H80O11/c1-3-67(79-49-58-31-13-4-14-32-58)68(80-50-59-33-15-5-16-34-59)69(81-51-60-35-17-6-18-36-60)70(82-52-61-37-19-7-20-38-61)71(83-53-62-39-21-8-22-40-62)72(84-54-63-41-23-9-24-42-63)75-73(85-55-64-43-25-10-26-44-64)74(86-56-65-45-27-11-28-46-65)76(77(78-2)88-75)87-57-66-47-29-12-30-48-66/h3-48,67-77H,1,49-57H2,2H3/t67-,68+,69-,70-,71+,72+,73-,74-,75+,76+,77-/m0/s1. The minimum absolute atomic E-state index is 0.130. The Morgan fingerprint density at radius 1 is 0.307 bits per heavy atom. The van der Waals surface area contributed by atoms with E-state index in [1.165, 1.54) is 0 Å². The van der Waals surface area contributed by atoms with Gasteiger partial charge >= 0.3 is 0 Å². The van der Waals surface area contributed by atoms with Crippen LogP contribution >= 0.6 is 0 Å². The molecule has 0 radical (unpaired) electrons. The average molecular weight is 1180 g/mol. The molecule has 10 rings (SSSR count). The molecule has 0 N–H and O–H groups in total. The number of benzene rings is 9. The van der Waals surface area contributed by atoms with Crippen LogP contribution in [-0.2, 0) is 112 Å². The van der Waals surface area contributed by atoms with E-state index < -0.39 is 67.3 Å². The molecule has 88 heavy (non-hydrogen) atoms. The van der Waals surface area contributed by atoms with Crippen molar-refractivity contribution < 1.29 is 52.1 Å². The molecule has 1 aliphatic heterocycles. The Labute approximate surface area is 519 Å². The smallest absolute Gasteiger partial charge is 0.186 e. The molecule has 0 aliphatic carbocycles. The Morgan fingerprint density at radius 3 is 0.898 bits per heavy atom. The molecular weight excluding hydrogens is 1100 g/mol. The van der Waals surface area contributed by atoms with Gasteiger partial charge in [0.25, 0.3) is 0 Å². The van der Waals surface area contributed by atoms with Crippen molar-refractivity contribution in [2.45, 2.75) is 127 Å². The summed E-state index contributed by atoms with van der Waals surface area (Å²) in [4.78, 5) is 0. The lowest BCUT2D eigenvalue weighted by Gasteiger charge is -2.50. The van der Waals surface area contributed by atoms with Crippen LogP contribution in [0.2, 0.25) is 0 Å². The molecule has 0 amide bonds. The second kappa shape index (κ2) is 34.7. The molecule has 11 atom stereocenters. The van der Waals surface area contributed by atoms with Gasteiger partial charge in [-0.15, -0.1) is 6.58 Å². The van der Waals surface area contributed by atoms with Gasteiger partial charge in [-0.2, -0.15) is 0 Å². The van der Waals surface area contributed by atoms with E-state index in [1.807, 2.05) is 273 Å². The lowest BCUT2D eigenvalue weighted by atomic mass is 9.87. The van der Waals surface area contributed by atoms with Crippen LogP contribution in [-0.4, -0.2) is 74.4 Å². The first-order chi connectivity index (χ1) is 43.6. The van der Waals surface area contributed by atoms with Crippen LogP contribution in [0, 0.1) is 0 Å². The molecule has 11 heteroatoms. The van der Waals surface area contributed by atoms with Crippen LogP contribution in [0.3, 0.4) is 0 Å². The van der Waals surface area contributed by atoms with Gasteiger partial charge in [0.2, 0.25) is 0 Å². The summed E-state index contributed by atoms with van der Waals surface area (Å²) < 4.78 is 80.4. The number of hydrogen-bond donors (Lipinski definition) is 0. The summed E-state index contributed by atoms with van der Waals surface area (Å²) >= 11 is 0. The minimum atomic E-state index is -1.07. The molecule has 0 unspecified atom stereocenters. The summed E-state index contributed by atoms with van der Waals surface area (Å²) in [5.74, 6) is 0. The first-order valence-corrected chi connectivity index (χ1v) is 30.3. The quantitative estimate of drug-likeness (QED) is 0.0355. The van der Waals surface area contributed by atoms with Gasteiger partial charge in [-0.1, -0.05) is 279 Å². The van der Waals surface area contributed by atoms with Gasteiger partial charge in [0, 0.05) is 7.11 Å². The lowest BCUT2D eigenvalue weighted by molar-refractivity contribution is -0.343. The number of ether oxygens (including phenoxy) is 11. The van der Waals surface area contributed by atoms with Crippen LogP contribution in [0.25, 0.3) is 0 Å². The number of rotatable bonds is 35. The van der Waals surface area contributed by atoms with Crippen molar-refractivity contribution in [2.75, 3.05) is 7.11 Å². The molecule has 0 aromatic heterocycles. The zero-order chi connectivity index (χ0) is 60.2. The molecule has 0 saturated carbocycles. The molecule has 0 spiro atoms. The molecule has 9 aromatic carbocycles. The third-order valence-electron chi connectivity index (χ3n) is 15.5. The van der Waals surface area contributed by atoms with Crippen molar-refractivity contribution in [2.24, 2.45) is 0 Å². The van der Waals surface area contributed by atoms with Crippen LogP contribution in [0.1, 0.15) is 50.1 Å².